The molecule has 0 spiro atoms. The van der Waals surface area contributed by atoms with Crippen LogP contribution < -0.4 is 15.2 Å². The van der Waals surface area contributed by atoms with Crippen LogP contribution in [0.25, 0.3) is 10.9 Å². The van der Waals surface area contributed by atoms with Crippen LogP contribution in [0, 0.1) is 0 Å². The molecule has 0 saturated heterocycles. The van der Waals surface area contributed by atoms with Crippen LogP contribution in [0.3, 0.4) is 0 Å². The van der Waals surface area contributed by atoms with Crippen molar-refractivity contribution in [1.29, 1.82) is 0 Å². The Balaban J connectivity index is 1.73. The van der Waals surface area contributed by atoms with Gasteiger partial charge < -0.3 is 9.64 Å². The molecular formula is C28H28BrClN4O2. The van der Waals surface area contributed by atoms with Crippen LogP contribution in [0.5, 0.6) is 5.75 Å². The number of hydrogen-bond donors (Lipinski definition) is 0. The Morgan fingerprint density at radius 1 is 1.11 bits per heavy atom. The van der Waals surface area contributed by atoms with Gasteiger partial charge in [-0.15, -0.1) is 0 Å². The van der Waals surface area contributed by atoms with E-state index in [2.05, 4.69) is 28.0 Å². The monoisotopic (exact) mass is 566 g/mol. The van der Waals surface area contributed by atoms with E-state index < -0.39 is 0 Å². The summed E-state index contributed by atoms with van der Waals surface area (Å²) in [6.07, 6.45) is 4.23. The van der Waals surface area contributed by atoms with Gasteiger partial charge in [0.05, 0.1) is 17.1 Å². The number of aromatic nitrogens is 2. The highest BCUT2D eigenvalue weighted by Crippen LogP contribution is 2.25. The molecule has 0 unspecified atom stereocenters. The van der Waals surface area contributed by atoms with Gasteiger partial charge in [0.15, 0.2) is 0 Å². The minimum atomic E-state index is -0.197. The van der Waals surface area contributed by atoms with E-state index in [-0.39, 0.29) is 5.56 Å². The number of benzene rings is 3. The molecule has 0 aliphatic heterocycles. The van der Waals surface area contributed by atoms with Crippen molar-refractivity contribution < 1.29 is 4.74 Å². The van der Waals surface area contributed by atoms with Crippen molar-refractivity contribution in [2.45, 2.75) is 32.8 Å². The molecule has 4 rings (SSSR count). The smallest absolute Gasteiger partial charge is 0.282 e. The van der Waals surface area contributed by atoms with E-state index in [0.29, 0.717) is 40.5 Å². The van der Waals surface area contributed by atoms with E-state index in [1.807, 2.05) is 73.6 Å². The first-order chi connectivity index (χ1) is 17.4. The second-order valence-corrected chi connectivity index (χ2v) is 10.0. The van der Waals surface area contributed by atoms with Gasteiger partial charge in [0.1, 0.15) is 18.2 Å². The molecule has 0 saturated carbocycles. The van der Waals surface area contributed by atoms with Crippen molar-refractivity contribution >= 4 is 50.3 Å². The van der Waals surface area contributed by atoms with Crippen LogP contribution in [0.1, 0.15) is 36.7 Å². The normalized spacial score (nSPS) is 11.4. The van der Waals surface area contributed by atoms with E-state index in [0.717, 1.165) is 34.1 Å². The van der Waals surface area contributed by atoms with E-state index in [1.165, 1.54) is 4.68 Å². The molecule has 0 aliphatic rings. The highest BCUT2D eigenvalue weighted by molar-refractivity contribution is 9.10. The zero-order chi connectivity index (χ0) is 25.7. The minimum Gasteiger partial charge on any atom is -0.488 e. The summed E-state index contributed by atoms with van der Waals surface area (Å²) in [5.74, 6) is 1.31. The number of hydrogen-bond acceptors (Lipinski definition) is 5. The average molecular weight is 568 g/mol. The molecule has 0 fully saturated rings. The predicted molar refractivity (Wildman–Crippen MR) is 152 cm³/mol. The molecule has 1 aromatic heterocycles. The van der Waals surface area contributed by atoms with Gasteiger partial charge in [-0.25, -0.2) is 4.98 Å². The molecule has 3 aromatic carbocycles. The first kappa shape index (κ1) is 25.9. The van der Waals surface area contributed by atoms with Crippen LogP contribution in [0.4, 0.5) is 5.69 Å². The Morgan fingerprint density at radius 2 is 1.89 bits per heavy atom. The summed E-state index contributed by atoms with van der Waals surface area (Å²) in [6.45, 7) is 2.49. The highest BCUT2D eigenvalue weighted by Gasteiger charge is 2.12. The van der Waals surface area contributed by atoms with Crippen molar-refractivity contribution in [3.63, 3.8) is 0 Å². The summed E-state index contributed by atoms with van der Waals surface area (Å²) >= 11 is 9.47. The van der Waals surface area contributed by atoms with Gasteiger partial charge in [-0.1, -0.05) is 53.0 Å². The lowest BCUT2D eigenvalue weighted by Crippen LogP contribution is -2.22. The van der Waals surface area contributed by atoms with Gasteiger partial charge in [-0.05, 0) is 54.4 Å². The van der Waals surface area contributed by atoms with Gasteiger partial charge in [-0.2, -0.15) is 9.78 Å². The molecule has 0 atom stereocenters. The second kappa shape index (κ2) is 11.7. The molecule has 0 amide bonds. The van der Waals surface area contributed by atoms with E-state index in [9.17, 15) is 4.79 Å². The zero-order valence-corrected chi connectivity index (χ0v) is 22.9. The summed E-state index contributed by atoms with van der Waals surface area (Å²) in [7, 11) is 3.95. The Bertz CT molecular complexity index is 1450. The van der Waals surface area contributed by atoms with Crippen LogP contribution in [-0.2, 0) is 13.0 Å². The lowest BCUT2D eigenvalue weighted by molar-refractivity contribution is 0.306. The third kappa shape index (κ3) is 6.15. The minimum absolute atomic E-state index is 0.197. The Hall–Kier alpha value is -3.16. The lowest BCUT2D eigenvalue weighted by Gasteiger charge is -2.16. The van der Waals surface area contributed by atoms with E-state index in [1.54, 1.807) is 12.3 Å². The molecule has 0 bridgehead atoms. The number of aryl methyl sites for hydroxylation is 1. The average Bonchev–Trinajstić information content (AvgIpc) is 2.87. The van der Waals surface area contributed by atoms with Crippen molar-refractivity contribution in [1.82, 2.24) is 9.66 Å². The zero-order valence-electron chi connectivity index (χ0n) is 20.5. The van der Waals surface area contributed by atoms with Crippen molar-refractivity contribution in [2.75, 3.05) is 19.0 Å². The molecule has 8 heteroatoms. The first-order valence-corrected chi connectivity index (χ1v) is 13.0. The lowest BCUT2D eigenvalue weighted by atomic mass is 10.2. The van der Waals surface area contributed by atoms with Crippen molar-refractivity contribution in [3.05, 3.63) is 97.5 Å². The maximum atomic E-state index is 13.4. The van der Waals surface area contributed by atoms with Crippen LogP contribution in [0.2, 0.25) is 5.02 Å². The summed E-state index contributed by atoms with van der Waals surface area (Å²) in [4.78, 5) is 20.2. The molecule has 0 radical (unpaired) electrons. The van der Waals surface area contributed by atoms with Gasteiger partial charge in [0, 0.05) is 47.3 Å². The number of unbranched alkanes of at least 4 members (excludes halogenated alkanes) is 1. The van der Waals surface area contributed by atoms with Gasteiger partial charge >= 0.3 is 0 Å². The molecule has 0 N–H and O–H groups in total. The molecule has 4 aromatic rings. The fourth-order valence-electron chi connectivity index (χ4n) is 3.71. The molecule has 6 nitrogen and oxygen atoms in total. The van der Waals surface area contributed by atoms with Crippen molar-refractivity contribution in [2.24, 2.45) is 5.10 Å². The third-order valence-corrected chi connectivity index (χ3v) is 6.51. The second-order valence-electron chi connectivity index (χ2n) is 8.69. The Labute approximate surface area is 224 Å². The van der Waals surface area contributed by atoms with Crippen LogP contribution in [0.15, 0.2) is 75.0 Å². The van der Waals surface area contributed by atoms with E-state index >= 15 is 0 Å². The van der Waals surface area contributed by atoms with Gasteiger partial charge in [0.25, 0.3) is 5.56 Å². The number of rotatable bonds is 9. The number of ether oxygens (including phenoxy) is 1. The number of halogens is 2. The maximum Gasteiger partial charge on any atom is 0.282 e. The maximum absolute atomic E-state index is 13.4. The summed E-state index contributed by atoms with van der Waals surface area (Å²) in [5, 5.41) is 5.80. The number of fused-ring (bicyclic) bond motifs is 1. The largest absolute Gasteiger partial charge is 0.488 e. The third-order valence-electron chi connectivity index (χ3n) is 5.76. The fraction of sp³-hybridized carbons (Fsp3) is 0.250. The number of anilines is 1. The van der Waals surface area contributed by atoms with Crippen LogP contribution >= 0.6 is 27.5 Å². The van der Waals surface area contributed by atoms with Gasteiger partial charge in [0.2, 0.25) is 0 Å². The summed E-state index contributed by atoms with van der Waals surface area (Å²) < 4.78 is 8.42. The predicted octanol–water partition coefficient (Wildman–Crippen LogP) is 6.68. The topological polar surface area (TPSA) is 59.7 Å². The quantitative estimate of drug-likeness (QED) is 0.212. The van der Waals surface area contributed by atoms with Crippen molar-refractivity contribution in [3.8, 4) is 5.75 Å². The SMILES string of the molecule is CCCCc1nc2ccc(Br)cc2c(=O)n1N=Cc1ccc(N(C)C)cc1OCc1ccc(Cl)cc1. The fourth-order valence-corrected chi connectivity index (χ4v) is 4.19. The highest BCUT2D eigenvalue weighted by atomic mass is 79.9. The number of nitrogens with zero attached hydrogens (tertiary/aromatic N) is 4. The molecule has 36 heavy (non-hydrogen) atoms. The van der Waals surface area contributed by atoms with Crippen LogP contribution in [-0.4, -0.2) is 30.0 Å². The molecule has 1 heterocycles. The standard InChI is InChI=1S/C28H28BrClN4O2/c1-4-5-6-27-32-25-14-10-21(29)15-24(25)28(35)34(27)31-17-20-9-13-23(33(2)3)16-26(20)36-18-19-7-11-22(30)12-8-19/h7-17H,4-6,18H2,1-3H3. The van der Waals surface area contributed by atoms with Gasteiger partial charge in [-0.3, -0.25) is 4.79 Å². The molecular weight excluding hydrogens is 540 g/mol. The summed E-state index contributed by atoms with van der Waals surface area (Å²) in [5.41, 5.74) is 3.23. The molecule has 0 aliphatic carbocycles. The Morgan fingerprint density at radius 3 is 2.61 bits per heavy atom. The Kier molecular flexibility index (Phi) is 8.44. The summed E-state index contributed by atoms with van der Waals surface area (Å²) in [6, 6.07) is 19.0. The molecule has 186 valence electrons. The first-order valence-electron chi connectivity index (χ1n) is 11.8. The van der Waals surface area contributed by atoms with E-state index in [4.69, 9.17) is 21.3 Å².